The Hall–Kier alpha value is -2.08. The second-order valence-electron chi connectivity index (χ2n) is 9.27. The van der Waals surface area contributed by atoms with E-state index in [4.69, 9.17) is 9.47 Å². The number of hydrogen-bond donors (Lipinski definition) is 0. The van der Waals surface area contributed by atoms with Crippen LogP contribution in [0.25, 0.3) is 0 Å². The Bertz CT molecular complexity index is 806. The molecular formula is C24H32N2O4. The summed E-state index contributed by atoms with van der Waals surface area (Å²) in [7, 11) is 0. The second kappa shape index (κ2) is 8.58. The van der Waals surface area contributed by atoms with Crippen LogP contribution in [-0.2, 0) is 27.2 Å². The van der Waals surface area contributed by atoms with Gasteiger partial charge in [0.15, 0.2) is 0 Å². The number of cyclic esters (lactones) is 1. The lowest BCUT2D eigenvalue weighted by Crippen LogP contribution is -2.41. The van der Waals surface area contributed by atoms with Crippen LogP contribution in [0.15, 0.2) is 18.2 Å². The van der Waals surface area contributed by atoms with Gasteiger partial charge in [0.2, 0.25) is 5.91 Å². The van der Waals surface area contributed by atoms with Crippen molar-refractivity contribution in [3.63, 3.8) is 0 Å². The van der Waals surface area contributed by atoms with Crippen molar-refractivity contribution < 1.29 is 19.1 Å². The number of hydrogen-bond acceptors (Lipinski definition) is 5. The largest absolute Gasteiger partial charge is 0.489 e. The fourth-order valence-corrected chi connectivity index (χ4v) is 5.27. The summed E-state index contributed by atoms with van der Waals surface area (Å²) in [5, 5.41) is 0. The number of esters is 1. The molecule has 3 heterocycles. The van der Waals surface area contributed by atoms with E-state index in [1.807, 2.05) is 4.90 Å². The highest BCUT2D eigenvalue weighted by atomic mass is 16.5. The minimum absolute atomic E-state index is 0.0276. The van der Waals surface area contributed by atoms with Crippen LogP contribution in [0.2, 0.25) is 0 Å². The first-order chi connectivity index (χ1) is 14.7. The van der Waals surface area contributed by atoms with E-state index < -0.39 is 0 Å². The number of fused-ring (bicyclic) bond motifs is 1. The van der Waals surface area contributed by atoms with Crippen molar-refractivity contribution in [2.24, 2.45) is 5.92 Å². The average Bonchev–Trinajstić information content (AvgIpc) is 3.07. The predicted octanol–water partition coefficient (Wildman–Crippen LogP) is 2.57. The van der Waals surface area contributed by atoms with E-state index >= 15 is 0 Å². The van der Waals surface area contributed by atoms with Crippen LogP contribution in [0.3, 0.4) is 0 Å². The molecule has 5 rings (SSSR count). The van der Waals surface area contributed by atoms with Gasteiger partial charge < -0.3 is 14.4 Å². The Morgan fingerprint density at radius 2 is 1.87 bits per heavy atom. The molecule has 0 bridgehead atoms. The molecule has 162 valence electrons. The lowest BCUT2D eigenvalue weighted by atomic mass is 9.91. The van der Waals surface area contributed by atoms with Gasteiger partial charge in [0, 0.05) is 32.1 Å². The van der Waals surface area contributed by atoms with Crippen molar-refractivity contribution in [2.75, 3.05) is 32.8 Å². The van der Waals surface area contributed by atoms with Crippen LogP contribution in [-0.4, -0.2) is 66.6 Å². The number of likely N-dealkylation sites (tertiary alicyclic amines) is 1. The molecule has 3 aliphatic heterocycles. The minimum Gasteiger partial charge on any atom is -0.489 e. The predicted molar refractivity (Wildman–Crippen MR) is 112 cm³/mol. The van der Waals surface area contributed by atoms with Crippen LogP contribution in [0, 0.1) is 5.92 Å². The molecule has 6 heteroatoms. The highest BCUT2D eigenvalue weighted by Crippen LogP contribution is 2.29. The van der Waals surface area contributed by atoms with Crippen LogP contribution >= 0.6 is 0 Å². The highest BCUT2D eigenvalue weighted by Gasteiger charge is 2.35. The number of amides is 1. The van der Waals surface area contributed by atoms with Crippen LogP contribution in [0.4, 0.5) is 0 Å². The fraction of sp³-hybridized carbons (Fsp3) is 0.667. The standard InChI is InChI=1S/C24H32N2O4/c27-23-15-19(9-13-29-23)24(28)26-12-8-22(16-26)30-21-5-4-17-6-10-25(20-2-1-3-20)11-7-18(17)14-21/h4-5,14,19-20,22H,1-3,6-13,15-16H2/t19?,22-/m0/s1. The van der Waals surface area contributed by atoms with Crippen LogP contribution < -0.4 is 4.74 Å². The molecule has 3 fully saturated rings. The molecule has 0 spiro atoms. The molecular weight excluding hydrogens is 380 g/mol. The maximum Gasteiger partial charge on any atom is 0.306 e. The number of carbonyl (C=O) groups is 2. The Morgan fingerprint density at radius 1 is 1.03 bits per heavy atom. The molecule has 1 saturated carbocycles. The molecule has 1 aromatic carbocycles. The third-order valence-electron chi connectivity index (χ3n) is 7.36. The molecule has 30 heavy (non-hydrogen) atoms. The molecule has 1 amide bonds. The van der Waals surface area contributed by atoms with Crippen molar-refractivity contribution in [1.29, 1.82) is 0 Å². The summed E-state index contributed by atoms with van der Waals surface area (Å²) in [5.41, 5.74) is 2.87. The van der Waals surface area contributed by atoms with Gasteiger partial charge in [-0.3, -0.25) is 14.5 Å². The summed E-state index contributed by atoms with van der Waals surface area (Å²) in [6.45, 7) is 3.99. The summed E-state index contributed by atoms with van der Waals surface area (Å²) < 4.78 is 11.2. The van der Waals surface area contributed by atoms with Gasteiger partial charge in [0.1, 0.15) is 11.9 Å². The van der Waals surface area contributed by atoms with Gasteiger partial charge in [-0.15, -0.1) is 0 Å². The zero-order valence-corrected chi connectivity index (χ0v) is 17.7. The lowest BCUT2D eigenvalue weighted by molar-refractivity contribution is -0.155. The van der Waals surface area contributed by atoms with Gasteiger partial charge in [0.05, 0.1) is 25.5 Å². The third-order valence-corrected chi connectivity index (χ3v) is 7.36. The van der Waals surface area contributed by atoms with Gasteiger partial charge in [-0.05, 0) is 55.4 Å². The molecule has 1 unspecified atom stereocenters. The first-order valence-corrected chi connectivity index (χ1v) is 11.6. The highest BCUT2D eigenvalue weighted by molar-refractivity contribution is 5.84. The normalized spacial score (nSPS) is 27.7. The molecule has 1 aliphatic carbocycles. The summed E-state index contributed by atoms with van der Waals surface area (Å²) in [6, 6.07) is 7.37. The van der Waals surface area contributed by atoms with Crippen molar-refractivity contribution in [1.82, 2.24) is 9.80 Å². The van der Waals surface area contributed by atoms with Crippen molar-refractivity contribution in [2.45, 2.75) is 63.5 Å². The SMILES string of the molecule is O=C1CC(C(=O)N2CC[C@H](Oc3ccc4c(c3)CCN(C3CCC3)CC4)C2)CCO1. The van der Waals surface area contributed by atoms with Crippen molar-refractivity contribution in [3.8, 4) is 5.75 Å². The Balaban J connectivity index is 1.17. The van der Waals surface area contributed by atoms with Crippen LogP contribution in [0.1, 0.15) is 49.7 Å². The number of nitrogens with zero attached hydrogens (tertiary/aromatic N) is 2. The van der Waals surface area contributed by atoms with E-state index in [0.29, 0.717) is 26.1 Å². The maximum atomic E-state index is 12.7. The average molecular weight is 413 g/mol. The van der Waals surface area contributed by atoms with E-state index in [2.05, 4.69) is 23.1 Å². The number of rotatable bonds is 4. The smallest absolute Gasteiger partial charge is 0.306 e. The molecule has 2 saturated heterocycles. The van der Waals surface area contributed by atoms with E-state index in [9.17, 15) is 9.59 Å². The van der Waals surface area contributed by atoms with Gasteiger partial charge >= 0.3 is 5.97 Å². The minimum atomic E-state index is -0.257. The monoisotopic (exact) mass is 412 g/mol. The number of ether oxygens (including phenoxy) is 2. The molecule has 4 aliphatic rings. The Labute approximate surface area is 178 Å². The van der Waals surface area contributed by atoms with Crippen LogP contribution in [0.5, 0.6) is 5.75 Å². The van der Waals surface area contributed by atoms with Gasteiger partial charge in [-0.25, -0.2) is 0 Å². The van der Waals surface area contributed by atoms with Crippen molar-refractivity contribution >= 4 is 11.9 Å². The van der Waals surface area contributed by atoms with E-state index in [1.165, 1.54) is 36.9 Å². The quantitative estimate of drug-likeness (QED) is 0.712. The topological polar surface area (TPSA) is 59.1 Å². The van der Waals surface area contributed by atoms with Gasteiger partial charge in [-0.1, -0.05) is 12.5 Å². The summed E-state index contributed by atoms with van der Waals surface area (Å²) in [4.78, 5) is 28.8. The second-order valence-corrected chi connectivity index (χ2v) is 9.27. The first kappa shape index (κ1) is 19.9. The molecule has 6 nitrogen and oxygen atoms in total. The lowest BCUT2D eigenvalue weighted by Gasteiger charge is -2.36. The van der Waals surface area contributed by atoms with E-state index in [1.54, 1.807) is 0 Å². The zero-order chi connectivity index (χ0) is 20.5. The van der Waals surface area contributed by atoms with E-state index in [-0.39, 0.29) is 30.3 Å². The molecule has 2 atom stereocenters. The summed E-state index contributed by atoms with van der Waals surface area (Å²) in [5.74, 6) is 0.519. The Kier molecular flexibility index (Phi) is 5.68. The molecule has 0 N–H and O–H groups in total. The maximum absolute atomic E-state index is 12.7. The van der Waals surface area contributed by atoms with Crippen molar-refractivity contribution in [3.05, 3.63) is 29.3 Å². The molecule has 0 aromatic heterocycles. The molecule has 0 radical (unpaired) electrons. The third kappa shape index (κ3) is 4.20. The summed E-state index contributed by atoms with van der Waals surface area (Å²) >= 11 is 0. The first-order valence-electron chi connectivity index (χ1n) is 11.6. The van der Waals surface area contributed by atoms with Gasteiger partial charge in [-0.2, -0.15) is 0 Å². The molecule has 1 aromatic rings. The number of carbonyl (C=O) groups excluding carboxylic acids is 2. The number of benzene rings is 1. The Morgan fingerprint density at radius 3 is 2.63 bits per heavy atom. The van der Waals surface area contributed by atoms with Gasteiger partial charge in [0.25, 0.3) is 0 Å². The zero-order valence-electron chi connectivity index (χ0n) is 17.7. The fourth-order valence-electron chi connectivity index (χ4n) is 5.27. The van der Waals surface area contributed by atoms with E-state index in [0.717, 1.165) is 37.6 Å². The summed E-state index contributed by atoms with van der Waals surface area (Å²) in [6.07, 6.45) is 8.05.